The fourth-order valence-electron chi connectivity index (χ4n) is 2.17. The first-order valence-electron chi connectivity index (χ1n) is 7.59. The van der Waals surface area contributed by atoms with E-state index in [2.05, 4.69) is 10.6 Å². The van der Waals surface area contributed by atoms with Gasteiger partial charge >= 0.3 is 0 Å². The molecule has 4 nitrogen and oxygen atoms in total. The summed E-state index contributed by atoms with van der Waals surface area (Å²) in [5.74, 6) is -0.298. The maximum atomic E-state index is 11.8. The molecule has 126 valence electrons. The first-order chi connectivity index (χ1) is 11.5. The molecule has 2 amide bonds. The zero-order valence-electron chi connectivity index (χ0n) is 13.0. The Bertz CT molecular complexity index is 685. The average molecular weight is 365 g/mol. The quantitative estimate of drug-likeness (QED) is 0.789. The lowest BCUT2D eigenvalue weighted by Gasteiger charge is -2.07. The number of benzene rings is 2. The first-order valence-corrected chi connectivity index (χ1v) is 8.35. The van der Waals surface area contributed by atoms with E-state index in [1.54, 1.807) is 30.3 Å². The van der Waals surface area contributed by atoms with Gasteiger partial charge in [-0.1, -0.05) is 41.4 Å². The molecule has 2 aromatic rings. The van der Waals surface area contributed by atoms with Crippen LogP contribution in [0.15, 0.2) is 48.5 Å². The third-order valence-corrected chi connectivity index (χ3v) is 3.77. The highest BCUT2D eigenvalue weighted by Gasteiger charge is 2.06. The lowest BCUT2D eigenvalue weighted by Crippen LogP contribution is -2.31. The van der Waals surface area contributed by atoms with E-state index in [0.29, 0.717) is 35.1 Å². The summed E-state index contributed by atoms with van der Waals surface area (Å²) >= 11 is 11.9. The first kappa shape index (κ1) is 18.3. The van der Waals surface area contributed by atoms with Gasteiger partial charge in [0.1, 0.15) is 0 Å². The molecule has 0 atom stereocenters. The highest BCUT2D eigenvalue weighted by Crippen LogP contribution is 2.19. The van der Waals surface area contributed by atoms with E-state index in [9.17, 15) is 9.59 Å². The van der Waals surface area contributed by atoms with E-state index in [4.69, 9.17) is 23.2 Å². The summed E-state index contributed by atoms with van der Waals surface area (Å²) in [4.78, 5) is 23.6. The molecule has 2 N–H and O–H groups in total. The van der Waals surface area contributed by atoms with Gasteiger partial charge in [0.25, 0.3) is 5.91 Å². The van der Waals surface area contributed by atoms with Crippen molar-refractivity contribution >= 4 is 35.0 Å². The lowest BCUT2D eigenvalue weighted by molar-refractivity contribution is -0.120. The molecule has 0 spiro atoms. The van der Waals surface area contributed by atoms with Gasteiger partial charge in [-0.3, -0.25) is 9.59 Å². The van der Waals surface area contributed by atoms with Gasteiger partial charge < -0.3 is 10.6 Å². The summed E-state index contributed by atoms with van der Waals surface area (Å²) in [5.41, 5.74) is 1.54. The van der Waals surface area contributed by atoms with Crippen molar-refractivity contribution in [1.29, 1.82) is 0 Å². The Labute approximate surface area is 151 Å². The molecule has 0 saturated carbocycles. The molecule has 0 unspecified atom stereocenters. The molecule has 0 heterocycles. The molecule has 0 aliphatic rings. The average Bonchev–Trinajstić information content (AvgIpc) is 2.54. The van der Waals surface area contributed by atoms with Gasteiger partial charge in [0, 0.05) is 35.1 Å². The van der Waals surface area contributed by atoms with Gasteiger partial charge in [-0.15, -0.1) is 0 Å². The normalized spacial score (nSPS) is 10.2. The zero-order valence-corrected chi connectivity index (χ0v) is 14.5. The highest BCUT2D eigenvalue weighted by atomic mass is 35.5. The molecule has 0 fully saturated rings. The van der Waals surface area contributed by atoms with Gasteiger partial charge in [-0.25, -0.2) is 0 Å². The molecule has 0 bridgehead atoms. The minimum absolute atomic E-state index is 0.114. The van der Waals surface area contributed by atoms with Crippen LogP contribution >= 0.6 is 23.2 Å². The van der Waals surface area contributed by atoms with Crippen LogP contribution in [0.25, 0.3) is 0 Å². The van der Waals surface area contributed by atoms with Gasteiger partial charge in [-0.05, 0) is 42.3 Å². The Hall–Kier alpha value is -2.04. The summed E-state index contributed by atoms with van der Waals surface area (Å²) in [7, 11) is 0. The van der Waals surface area contributed by atoms with Crippen molar-refractivity contribution in [2.24, 2.45) is 0 Å². The molecule has 0 saturated heterocycles. The van der Waals surface area contributed by atoms with Crippen LogP contribution in [0.4, 0.5) is 0 Å². The summed E-state index contributed by atoms with van der Waals surface area (Å²) in [6.07, 6.45) is 0.872. The van der Waals surface area contributed by atoms with Crippen molar-refractivity contribution in [3.63, 3.8) is 0 Å². The van der Waals surface area contributed by atoms with Crippen LogP contribution in [0.1, 0.15) is 22.3 Å². The monoisotopic (exact) mass is 364 g/mol. The van der Waals surface area contributed by atoms with Crippen molar-refractivity contribution < 1.29 is 9.59 Å². The van der Waals surface area contributed by atoms with E-state index in [0.717, 1.165) is 5.56 Å². The molecule has 0 aliphatic heterocycles. The predicted octanol–water partition coefficient (Wildman–Crippen LogP) is 3.47. The van der Waals surface area contributed by atoms with Crippen LogP contribution in [0, 0.1) is 0 Å². The molecular formula is C18H18Cl2N2O2. The minimum Gasteiger partial charge on any atom is -0.356 e. The van der Waals surface area contributed by atoms with Crippen molar-refractivity contribution in [1.82, 2.24) is 10.6 Å². The van der Waals surface area contributed by atoms with Crippen molar-refractivity contribution in [3.8, 4) is 0 Å². The number of carbonyl (C=O) groups excluding carboxylic acids is 2. The molecule has 2 rings (SSSR count). The predicted molar refractivity (Wildman–Crippen MR) is 96.6 cm³/mol. The van der Waals surface area contributed by atoms with Crippen LogP contribution in [-0.4, -0.2) is 24.9 Å². The second kappa shape index (κ2) is 9.30. The van der Waals surface area contributed by atoms with Crippen LogP contribution in [-0.2, 0) is 11.2 Å². The Morgan fingerprint density at radius 1 is 0.875 bits per heavy atom. The lowest BCUT2D eigenvalue weighted by atomic mass is 10.1. The van der Waals surface area contributed by atoms with E-state index in [1.165, 1.54) is 0 Å². The number of hydrogen-bond acceptors (Lipinski definition) is 2. The maximum Gasteiger partial charge on any atom is 0.251 e. The third kappa shape index (κ3) is 6.22. The van der Waals surface area contributed by atoms with Crippen molar-refractivity contribution in [3.05, 3.63) is 69.7 Å². The van der Waals surface area contributed by atoms with Crippen molar-refractivity contribution in [2.75, 3.05) is 13.1 Å². The second-order valence-electron chi connectivity index (χ2n) is 5.25. The van der Waals surface area contributed by atoms with Gasteiger partial charge in [0.2, 0.25) is 5.91 Å². The number of carbonyl (C=O) groups is 2. The summed E-state index contributed by atoms with van der Waals surface area (Å²) in [6.45, 7) is 0.782. The van der Waals surface area contributed by atoms with Crippen LogP contribution in [0.3, 0.4) is 0 Å². The molecule has 0 aliphatic carbocycles. The standard InChI is InChI=1S/C18H18Cl2N2O2/c19-15-10-13(11-16(20)12-15)6-8-21-17(23)7-9-22-18(24)14-4-2-1-3-5-14/h1-5,10-12H,6-9H2,(H,21,23)(H,22,24). The Morgan fingerprint density at radius 3 is 2.21 bits per heavy atom. The fourth-order valence-corrected chi connectivity index (χ4v) is 2.74. The van der Waals surface area contributed by atoms with E-state index >= 15 is 0 Å². The van der Waals surface area contributed by atoms with E-state index in [1.807, 2.05) is 18.2 Å². The van der Waals surface area contributed by atoms with Gasteiger partial charge in [0.05, 0.1) is 0 Å². The van der Waals surface area contributed by atoms with E-state index in [-0.39, 0.29) is 18.2 Å². The van der Waals surface area contributed by atoms with E-state index < -0.39 is 0 Å². The summed E-state index contributed by atoms with van der Waals surface area (Å²) < 4.78 is 0. The molecule has 24 heavy (non-hydrogen) atoms. The fraction of sp³-hybridized carbons (Fsp3) is 0.222. The number of halogens is 2. The smallest absolute Gasteiger partial charge is 0.251 e. The molecule has 0 aromatic heterocycles. The SMILES string of the molecule is O=C(CCNC(=O)c1ccccc1)NCCc1cc(Cl)cc(Cl)c1. The molecular weight excluding hydrogens is 347 g/mol. The number of amides is 2. The minimum atomic E-state index is -0.183. The Kier molecular flexibility index (Phi) is 7.09. The maximum absolute atomic E-state index is 11.8. The Balaban J connectivity index is 1.66. The van der Waals surface area contributed by atoms with Crippen LogP contribution < -0.4 is 10.6 Å². The molecule has 6 heteroatoms. The number of hydrogen-bond donors (Lipinski definition) is 2. The highest BCUT2D eigenvalue weighted by molar-refractivity contribution is 6.34. The van der Waals surface area contributed by atoms with Crippen LogP contribution in [0.2, 0.25) is 10.0 Å². The number of nitrogens with one attached hydrogen (secondary N) is 2. The topological polar surface area (TPSA) is 58.2 Å². The Morgan fingerprint density at radius 2 is 1.54 bits per heavy atom. The van der Waals surface area contributed by atoms with Crippen molar-refractivity contribution in [2.45, 2.75) is 12.8 Å². The molecule has 2 aromatic carbocycles. The van der Waals surface area contributed by atoms with Crippen LogP contribution in [0.5, 0.6) is 0 Å². The third-order valence-electron chi connectivity index (χ3n) is 3.33. The summed E-state index contributed by atoms with van der Waals surface area (Å²) in [6, 6.07) is 14.2. The van der Waals surface area contributed by atoms with Gasteiger partial charge in [-0.2, -0.15) is 0 Å². The van der Waals surface area contributed by atoms with Gasteiger partial charge in [0.15, 0.2) is 0 Å². The number of rotatable bonds is 7. The largest absolute Gasteiger partial charge is 0.356 e. The zero-order chi connectivity index (χ0) is 17.4. The molecule has 0 radical (unpaired) electrons. The second-order valence-corrected chi connectivity index (χ2v) is 6.12. The summed E-state index contributed by atoms with van der Waals surface area (Å²) in [5, 5.41) is 6.68.